The van der Waals surface area contributed by atoms with Gasteiger partial charge in [0.05, 0.1) is 28.4 Å². The zero-order valence-corrected chi connectivity index (χ0v) is 20.4. The molecule has 2 N–H and O–H groups in total. The summed E-state index contributed by atoms with van der Waals surface area (Å²) in [6.07, 6.45) is 0. The van der Waals surface area contributed by atoms with E-state index in [2.05, 4.69) is 15.6 Å². The number of amides is 1. The molecule has 0 radical (unpaired) electrons. The standard InChI is InChI=1S/C26H21Cl2N5O2/c1-15-22(25(34)30-20-10-6-7-11-21(20)35-2)23(16-8-4-3-5-9-16)33-26(29-15)31-24(32-33)17-12-13-18(27)19(28)14-17/h3-14,23H,1-2H3,(H,30,34)(H,29,31,32). The highest BCUT2D eigenvalue weighted by Crippen LogP contribution is 2.38. The lowest BCUT2D eigenvalue weighted by Gasteiger charge is -2.28. The third-order valence-corrected chi connectivity index (χ3v) is 6.48. The van der Waals surface area contributed by atoms with Gasteiger partial charge in [0.1, 0.15) is 11.8 Å². The summed E-state index contributed by atoms with van der Waals surface area (Å²) in [4.78, 5) is 18.3. The Balaban J connectivity index is 1.59. The highest BCUT2D eigenvalue weighted by atomic mass is 35.5. The molecule has 7 nitrogen and oxygen atoms in total. The Hall–Kier alpha value is -3.81. The van der Waals surface area contributed by atoms with Crippen molar-refractivity contribution in [1.29, 1.82) is 0 Å². The van der Waals surface area contributed by atoms with Crippen LogP contribution in [0.15, 0.2) is 84.1 Å². The lowest BCUT2D eigenvalue weighted by Crippen LogP contribution is -2.31. The largest absolute Gasteiger partial charge is 0.495 e. The Kier molecular flexibility index (Phi) is 6.19. The number of ether oxygens (including phenoxy) is 1. The highest BCUT2D eigenvalue weighted by molar-refractivity contribution is 6.42. The minimum absolute atomic E-state index is 0.273. The lowest BCUT2D eigenvalue weighted by molar-refractivity contribution is -0.113. The van der Waals surface area contributed by atoms with Crippen molar-refractivity contribution < 1.29 is 9.53 Å². The number of para-hydroxylation sites is 2. The molecule has 5 rings (SSSR count). The molecule has 1 amide bonds. The predicted octanol–water partition coefficient (Wildman–Crippen LogP) is 6.19. The zero-order chi connectivity index (χ0) is 24.5. The van der Waals surface area contributed by atoms with E-state index in [0.717, 1.165) is 5.56 Å². The number of allylic oxidation sites excluding steroid dienone is 1. The number of nitrogens with zero attached hydrogens (tertiary/aromatic N) is 3. The number of rotatable bonds is 5. The van der Waals surface area contributed by atoms with E-state index in [1.54, 1.807) is 36.1 Å². The van der Waals surface area contributed by atoms with E-state index >= 15 is 0 Å². The van der Waals surface area contributed by atoms with E-state index in [4.69, 9.17) is 33.0 Å². The molecule has 9 heteroatoms. The molecule has 0 saturated carbocycles. The molecule has 1 unspecified atom stereocenters. The van der Waals surface area contributed by atoms with Gasteiger partial charge in [-0.15, -0.1) is 5.10 Å². The van der Waals surface area contributed by atoms with Crippen molar-refractivity contribution in [3.63, 3.8) is 0 Å². The number of hydrogen-bond donors (Lipinski definition) is 2. The monoisotopic (exact) mass is 505 g/mol. The third-order valence-electron chi connectivity index (χ3n) is 5.75. The van der Waals surface area contributed by atoms with Crippen LogP contribution in [-0.4, -0.2) is 27.8 Å². The number of anilines is 2. The van der Waals surface area contributed by atoms with E-state index in [-0.39, 0.29) is 5.91 Å². The number of benzene rings is 3. The average molecular weight is 506 g/mol. The molecule has 1 aromatic heterocycles. The number of fused-ring (bicyclic) bond motifs is 1. The molecule has 35 heavy (non-hydrogen) atoms. The maximum atomic E-state index is 13.6. The molecular formula is C26H21Cl2N5O2. The number of hydrogen-bond acceptors (Lipinski definition) is 5. The van der Waals surface area contributed by atoms with E-state index < -0.39 is 6.04 Å². The fourth-order valence-corrected chi connectivity index (χ4v) is 4.38. The van der Waals surface area contributed by atoms with Gasteiger partial charge in [-0.2, -0.15) is 4.98 Å². The van der Waals surface area contributed by atoms with Crippen LogP contribution in [0.25, 0.3) is 11.4 Å². The van der Waals surface area contributed by atoms with E-state index in [1.165, 1.54) is 0 Å². The summed E-state index contributed by atoms with van der Waals surface area (Å²) < 4.78 is 7.12. The Bertz CT molecular complexity index is 1450. The first-order valence-electron chi connectivity index (χ1n) is 10.9. The van der Waals surface area contributed by atoms with Crippen molar-refractivity contribution in [3.8, 4) is 17.1 Å². The Morgan fingerprint density at radius 3 is 2.51 bits per heavy atom. The van der Waals surface area contributed by atoms with Crippen LogP contribution < -0.4 is 15.4 Å². The van der Waals surface area contributed by atoms with Gasteiger partial charge >= 0.3 is 0 Å². The zero-order valence-electron chi connectivity index (χ0n) is 18.9. The van der Waals surface area contributed by atoms with Crippen LogP contribution in [0.2, 0.25) is 10.0 Å². The normalized spacial score (nSPS) is 14.8. The van der Waals surface area contributed by atoms with Gasteiger partial charge in [-0.1, -0.05) is 65.7 Å². The third kappa shape index (κ3) is 4.36. The smallest absolute Gasteiger partial charge is 0.255 e. The summed E-state index contributed by atoms with van der Waals surface area (Å²) in [6.45, 7) is 1.85. The van der Waals surface area contributed by atoms with Gasteiger partial charge in [0.2, 0.25) is 5.95 Å². The van der Waals surface area contributed by atoms with Crippen LogP contribution in [-0.2, 0) is 4.79 Å². The Morgan fingerprint density at radius 1 is 1.03 bits per heavy atom. The van der Waals surface area contributed by atoms with Gasteiger partial charge in [0.25, 0.3) is 5.91 Å². The van der Waals surface area contributed by atoms with Gasteiger partial charge in [0, 0.05) is 11.3 Å². The van der Waals surface area contributed by atoms with Crippen molar-refractivity contribution in [2.75, 3.05) is 17.7 Å². The van der Waals surface area contributed by atoms with Gasteiger partial charge in [-0.25, -0.2) is 4.68 Å². The van der Waals surface area contributed by atoms with E-state index in [1.807, 2.05) is 55.5 Å². The molecule has 3 aromatic carbocycles. The maximum absolute atomic E-state index is 13.6. The molecule has 1 atom stereocenters. The summed E-state index contributed by atoms with van der Waals surface area (Å²) >= 11 is 12.3. The van der Waals surface area contributed by atoms with Crippen LogP contribution in [0, 0.1) is 0 Å². The maximum Gasteiger partial charge on any atom is 0.255 e. The summed E-state index contributed by atoms with van der Waals surface area (Å²) in [5.74, 6) is 1.28. The van der Waals surface area contributed by atoms with Crippen molar-refractivity contribution in [2.24, 2.45) is 0 Å². The molecule has 0 spiro atoms. The molecule has 0 fully saturated rings. The van der Waals surface area contributed by atoms with Crippen molar-refractivity contribution in [1.82, 2.24) is 14.8 Å². The van der Waals surface area contributed by atoms with Gasteiger partial charge < -0.3 is 15.4 Å². The fourth-order valence-electron chi connectivity index (χ4n) is 4.08. The fraction of sp³-hybridized carbons (Fsp3) is 0.115. The summed E-state index contributed by atoms with van der Waals surface area (Å²) in [5.41, 5.74) is 3.37. The molecular weight excluding hydrogens is 485 g/mol. The van der Waals surface area contributed by atoms with Crippen molar-refractivity contribution in [3.05, 3.63) is 99.7 Å². The van der Waals surface area contributed by atoms with Gasteiger partial charge in [-0.3, -0.25) is 4.79 Å². The van der Waals surface area contributed by atoms with Gasteiger partial charge in [0.15, 0.2) is 5.82 Å². The molecule has 1 aliphatic heterocycles. The lowest BCUT2D eigenvalue weighted by atomic mass is 9.95. The van der Waals surface area contributed by atoms with Crippen LogP contribution in [0.3, 0.4) is 0 Å². The topological polar surface area (TPSA) is 81.1 Å². The first kappa shape index (κ1) is 23.0. The number of nitrogens with one attached hydrogen (secondary N) is 2. The first-order valence-corrected chi connectivity index (χ1v) is 11.6. The molecule has 2 heterocycles. The molecule has 4 aromatic rings. The number of carbonyl (C=O) groups excluding carboxylic acids is 1. The van der Waals surface area contributed by atoms with Gasteiger partial charge in [-0.05, 0) is 42.8 Å². The minimum Gasteiger partial charge on any atom is -0.495 e. The number of aromatic nitrogens is 3. The van der Waals surface area contributed by atoms with Crippen LogP contribution >= 0.6 is 23.2 Å². The summed E-state index contributed by atoms with van der Waals surface area (Å²) in [6, 6.07) is 21.7. The number of carbonyl (C=O) groups is 1. The second-order valence-electron chi connectivity index (χ2n) is 7.96. The molecule has 1 aliphatic rings. The molecule has 0 bridgehead atoms. The molecule has 176 valence electrons. The Morgan fingerprint density at radius 2 is 1.77 bits per heavy atom. The van der Waals surface area contributed by atoms with Crippen molar-refractivity contribution in [2.45, 2.75) is 13.0 Å². The highest BCUT2D eigenvalue weighted by Gasteiger charge is 2.34. The summed E-state index contributed by atoms with van der Waals surface area (Å²) in [5, 5.41) is 11.9. The van der Waals surface area contributed by atoms with Crippen LogP contribution in [0.5, 0.6) is 5.75 Å². The second kappa shape index (κ2) is 9.44. The SMILES string of the molecule is COc1ccccc1NC(=O)C1=C(C)Nc2nc(-c3ccc(Cl)c(Cl)c3)nn2C1c1ccccc1. The molecule has 0 aliphatic carbocycles. The average Bonchev–Trinajstić information content (AvgIpc) is 3.29. The summed E-state index contributed by atoms with van der Waals surface area (Å²) in [7, 11) is 1.57. The van der Waals surface area contributed by atoms with Crippen LogP contribution in [0.4, 0.5) is 11.6 Å². The predicted molar refractivity (Wildman–Crippen MR) is 138 cm³/mol. The first-order chi connectivity index (χ1) is 17.0. The minimum atomic E-state index is -0.508. The van der Waals surface area contributed by atoms with E-state index in [9.17, 15) is 4.79 Å². The number of halogens is 2. The quantitative estimate of drug-likeness (QED) is 0.338. The molecule has 0 saturated heterocycles. The second-order valence-corrected chi connectivity index (χ2v) is 8.78. The van der Waals surface area contributed by atoms with Crippen molar-refractivity contribution >= 4 is 40.7 Å². The van der Waals surface area contributed by atoms with E-state index in [0.29, 0.717) is 50.1 Å². The Labute approximate surface area is 212 Å². The van der Waals surface area contributed by atoms with Crippen LogP contribution in [0.1, 0.15) is 18.5 Å². The number of methoxy groups -OCH3 is 1.